The van der Waals surface area contributed by atoms with E-state index in [1.807, 2.05) is 5.43 Å². The summed E-state index contributed by atoms with van der Waals surface area (Å²) < 4.78 is 48.9. The summed E-state index contributed by atoms with van der Waals surface area (Å²) in [6, 6.07) is 0.416. The summed E-state index contributed by atoms with van der Waals surface area (Å²) in [5.74, 6) is 2.81. The molecule has 0 saturated carbocycles. The van der Waals surface area contributed by atoms with Crippen molar-refractivity contribution >= 4 is 17.4 Å². The van der Waals surface area contributed by atoms with Crippen molar-refractivity contribution in [2.24, 2.45) is 5.84 Å². The normalized spacial score (nSPS) is 11.6. The fourth-order valence-corrected chi connectivity index (χ4v) is 0.972. The molecule has 0 saturated heterocycles. The maximum Gasteiger partial charge on any atom is 0.420 e. The molecule has 3 N–H and O–H groups in total. The zero-order valence-corrected chi connectivity index (χ0v) is 7.25. The van der Waals surface area contributed by atoms with E-state index in [0.29, 0.717) is 6.07 Å². The highest BCUT2D eigenvalue weighted by Crippen LogP contribution is 2.34. The fourth-order valence-electron chi connectivity index (χ4n) is 0.766. The second kappa shape index (κ2) is 3.58. The van der Waals surface area contributed by atoms with E-state index >= 15 is 0 Å². The number of anilines is 1. The Hall–Kier alpha value is -1.08. The maximum absolute atomic E-state index is 12.7. The van der Waals surface area contributed by atoms with E-state index < -0.39 is 22.7 Å². The number of halogens is 5. The predicted octanol–water partition coefficient (Wildman–Crippen LogP) is 2.18. The van der Waals surface area contributed by atoms with Crippen LogP contribution in [0.3, 0.4) is 0 Å². The van der Waals surface area contributed by atoms with Gasteiger partial charge in [0, 0.05) is 0 Å². The van der Waals surface area contributed by atoms with E-state index in [2.05, 4.69) is 4.98 Å². The molecular weight excluding hydrogens is 226 g/mol. The molecule has 0 spiro atoms. The van der Waals surface area contributed by atoms with Gasteiger partial charge in [-0.1, -0.05) is 11.6 Å². The molecule has 0 radical (unpaired) electrons. The van der Waals surface area contributed by atoms with Gasteiger partial charge in [-0.3, -0.25) is 0 Å². The van der Waals surface area contributed by atoms with Crippen LogP contribution in [-0.4, -0.2) is 4.98 Å². The van der Waals surface area contributed by atoms with Crippen LogP contribution in [0.2, 0.25) is 5.02 Å². The lowest BCUT2D eigenvalue weighted by Crippen LogP contribution is -2.14. The number of nitrogen functional groups attached to an aromatic ring is 1. The number of nitrogens with one attached hydrogen (secondary N) is 1. The first kappa shape index (κ1) is 11.0. The first-order valence-corrected chi connectivity index (χ1v) is 3.64. The number of alkyl halides is 3. The molecule has 14 heavy (non-hydrogen) atoms. The fraction of sp³-hybridized carbons (Fsp3) is 0.167. The van der Waals surface area contributed by atoms with Crippen molar-refractivity contribution in [2.75, 3.05) is 5.43 Å². The minimum absolute atomic E-state index is 0.350. The number of hydrogen-bond donors (Lipinski definition) is 2. The van der Waals surface area contributed by atoms with E-state index in [0.717, 1.165) is 0 Å². The summed E-state index contributed by atoms with van der Waals surface area (Å²) in [4.78, 5) is 2.90. The minimum Gasteiger partial charge on any atom is -0.307 e. The van der Waals surface area contributed by atoms with E-state index in [1.54, 1.807) is 0 Å². The molecule has 8 heteroatoms. The molecule has 0 aromatic carbocycles. The smallest absolute Gasteiger partial charge is 0.307 e. The average Bonchev–Trinajstić information content (AvgIpc) is 2.06. The first-order chi connectivity index (χ1) is 6.36. The quantitative estimate of drug-likeness (QED) is 0.336. The lowest BCUT2D eigenvalue weighted by Gasteiger charge is -2.09. The van der Waals surface area contributed by atoms with Crippen molar-refractivity contribution in [1.82, 2.24) is 4.98 Å². The molecule has 1 aromatic rings. The first-order valence-electron chi connectivity index (χ1n) is 3.26. The Morgan fingerprint density at radius 3 is 2.43 bits per heavy atom. The highest BCUT2D eigenvalue weighted by Gasteiger charge is 2.35. The number of aromatic nitrogens is 1. The van der Waals surface area contributed by atoms with Crippen molar-refractivity contribution in [3.8, 4) is 0 Å². The van der Waals surface area contributed by atoms with Gasteiger partial charge in [0.2, 0.25) is 5.95 Å². The molecule has 1 aromatic heterocycles. The highest BCUT2D eigenvalue weighted by atomic mass is 35.5. The molecule has 0 bridgehead atoms. The summed E-state index contributed by atoms with van der Waals surface area (Å²) in [5, 5.41) is -0.402. The molecule has 78 valence electrons. The summed E-state index contributed by atoms with van der Waals surface area (Å²) in [5.41, 5.74) is 0.338. The second-order valence-electron chi connectivity index (χ2n) is 2.30. The molecule has 1 rings (SSSR count). The van der Waals surface area contributed by atoms with Gasteiger partial charge in [0.15, 0.2) is 5.82 Å². The van der Waals surface area contributed by atoms with E-state index in [1.165, 1.54) is 0 Å². The van der Waals surface area contributed by atoms with Crippen LogP contribution < -0.4 is 11.3 Å². The lowest BCUT2D eigenvalue weighted by molar-refractivity contribution is -0.140. The third-order valence-corrected chi connectivity index (χ3v) is 1.66. The zero-order valence-electron chi connectivity index (χ0n) is 6.49. The van der Waals surface area contributed by atoms with Gasteiger partial charge < -0.3 is 5.43 Å². The van der Waals surface area contributed by atoms with Crippen molar-refractivity contribution in [3.05, 3.63) is 22.6 Å². The van der Waals surface area contributed by atoms with Gasteiger partial charge in [-0.15, -0.1) is 0 Å². The molecular formula is C6H4ClF4N3. The Kier molecular flexibility index (Phi) is 2.81. The van der Waals surface area contributed by atoms with E-state index in [-0.39, 0.29) is 5.82 Å². The number of nitrogens with two attached hydrogens (primary N) is 1. The standard InChI is InChI=1S/C6H4ClF4N3/c7-3-1-2(6(9,10)11)4(8)13-5(3)14-12/h1H,12H2,(H,13,14). The van der Waals surface area contributed by atoms with Crippen LogP contribution in [0.15, 0.2) is 6.07 Å². The van der Waals surface area contributed by atoms with Crippen LogP contribution in [0.4, 0.5) is 23.4 Å². The number of pyridine rings is 1. The molecule has 0 atom stereocenters. The van der Waals surface area contributed by atoms with Crippen LogP contribution in [-0.2, 0) is 6.18 Å². The Morgan fingerprint density at radius 1 is 1.43 bits per heavy atom. The van der Waals surface area contributed by atoms with Crippen LogP contribution in [0.1, 0.15) is 5.56 Å². The zero-order chi connectivity index (χ0) is 10.9. The Morgan fingerprint density at radius 2 is 2.00 bits per heavy atom. The van der Waals surface area contributed by atoms with Crippen molar-refractivity contribution in [2.45, 2.75) is 6.18 Å². The molecule has 0 aliphatic heterocycles. The molecule has 0 amide bonds. The predicted molar refractivity (Wildman–Crippen MR) is 42.0 cm³/mol. The van der Waals surface area contributed by atoms with E-state index in [4.69, 9.17) is 17.4 Å². The third-order valence-electron chi connectivity index (χ3n) is 1.37. The lowest BCUT2D eigenvalue weighted by atomic mass is 10.2. The number of hydrogen-bond acceptors (Lipinski definition) is 3. The monoisotopic (exact) mass is 229 g/mol. The number of rotatable bonds is 1. The Labute approximate surface area is 80.8 Å². The van der Waals surface area contributed by atoms with Crippen LogP contribution >= 0.6 is 11.6 Å². The SMILES string of the molecule is NNc1nc(F)c(C(F)(F)F)cc1Cl. The average molecular weight is 230 g/mol. The Bertz CT molecular complexity index is 352. The summed E-state index contributed by atoms with van der Waals surface area (Å²) >= 11 is 5.34. The van der Waals surface area contributed by atoms with Gasteiger partial charge in [-0.05, 0) is 6.07 Å². The molecule has 0 aliphatic carbocycles. The van der Waals surface area contributed by atoms with Gasteiger partial charge in [-0.2, -0.15) is 22.5 Å². The summed E-state index contributed by atoms with van der Waals surface area (Å²) in [6.07, 6.45) is -4.83. The van der Waals surface area contributed by atoms with Crippen LogP contribution in [0, 0.1) is 5.95 Å². The van der Waals surface area contributed by atoms with Crippen molar-refractivity contribution < 1.29 is 17.6 Å². The second-order valence-corrected chi connectivity index (χ2v) is 2.71. The summed E-state index contributed by atoms with van der Waals surface area (Å²) in [7, 11) is 0. The van der Waals surface area contributed by atoms with Gasteiger partial charge in [0.1, 0.15) is 5.56 Å². The van der Waals surface area contributed by atoms with Gasteiger partial charge in [0.05, 0.1) is 5.02 Å². The minimum atomic E-state index is -4.83. The van der Waals surface area contributed by atoms with Gasteiger partial charge in [0.25, 0.3) is 0 Å². The molecule has 3 nitrogen and oxygen atoms in total. The highest BCUT2D eigenvalue weighted by molar-refractivity contribution is 6.32. The van der Waals surface area contributed by atoms with Crippen molar-refractivity contribution in [1.29, 1.82) is 0 Å². The van der Waals surface area contributed by atoms with Crippen LogP contribution in [0.25, 0.3) is 0 Å². The maximum atomic E-state index is 12.7. The third kappa shape index (κ3) is 2.05. The molecule has 1 heterocycles. The number of nitrogens with zero attached hydrogens (tertiary/aromatic N) is 1. The topological polar surface area (TPSA) is 50.9 Å². The summed E-state index contributed by atoms with van der Waals surface area (Å²) in [6.45, 7) is 0. The molecule has 0 unspecified atom stereocenters. The largest absolute Gasteiger partial charge is 0.420 e. The Balaban J connectivity index is 3.29. The molecule has 0 aliphatic rings. The molecule has 0 fully saturated rings. The van der Waals surface area contributed by atoms with E-state index in [9.17, 15) is 17.6 Å². The number of hydrazine groups is 1. The van der Waals surface area contributed by atoms with Crippen molar-refractivity contribution in [3.63, 3.8) is 0 Å². The van der Waals surface area contributed by atoms with Gasteiger partial charge in [-0.25, -0.2) is 5.84 Å². The van der Waals surface area contributed by atoms with Crippen LogP contribution in [0.5, 0.6) is 0 Å². The van der Waals surface area contributed by atoms with Gasteiger partial charge >= 0.3 is 6.18 Å².